The molecule has 0 aromatic heterocycles. The molecule has 0 nitrogen and oxygen atoms in total. The lowest BCUT2D eigenvalue weighted by atomic mass is 10.0. The van der Waals surface area contributed by atoms with Gasteiger partial charge in [0.25, 0.3) is 0 Å². The fourth-order valence-electron chi connectivity index (χ4n) is 4.99. The molecule has 0 unspecified atom stereocenters. The van der Waals surface area contributed by atoms with Gasteiger partial charge in [-0.3, -0.25) is 0 Å². The zero-order valence-corrected chi connectivity index (χ0v) is 27.4. The van der Waals surface area contributed by atoms with Crippen molar-refractivity contribution in [2.75, 3.05) is 0 Å². The third kappa shape index (κ3) is 33.1. The Morgan fingerprint density at radius 1 is 0.294 bits per heavy atom. The standard InChI is InChI=1S/C30H61Cl3Si/c31-30(32,33)28-26-24-22-20-18-16-14-12-10-8-6-4-2-1-3-5-7-9-11-13-15-17-19-21-23-25-27-29-34/h1-29H2,34H3. The minimum atomic E-state index is -1.05. The summed E-state index contributed by atoms with van der Waals surface area (Å²) >= 11 is 17.3. The van der Waals surface area contributed by atoms with E-state index in [-0.39, 0.29) is 0 Å². The summed E-state index contributed by atoms with van der Waals surface area (Å²) in [5.74, 6) is 0. The molecule has 0 N–H and O–H groups in total. The largest absolute Gasteiger partial charge is 0.190 e. The molecule has 34 heavy (non-hydrogen) atoms. The Labute approximate surface area is 233 Å². The third-order valence-corrected chi connectivity index (χ3v) is 8.59. The van der Waals surface area contributed by atoms with Crippen LogP contribution < -0.4 is 0 Å². The molecule has 0 saturated heterocycles. The predicted molar refractivity (Wildman–Crippen MR) is 164 cm³/mol. The van der Waals surface area contributed by atoms with E-state index in [1.54, 1.807) is 0 Å². The van der Waals surface area contributed by atoms with Crippen LogP contribution in [0.1, 0.15) is 180 Å². The molecule has 0 amide bonds. The van der Waals surface area contributed by atoms with Gasteiger partial charge < -0.3 is 0 Å². The number of hydrogen-bond donors (Lipinski definition) is 0. The van der Waals surface area contributed by atoms with Crippen LogP contribution >= 0.6 is 34.8 Å². The van der Waals surface area contributed by atoms with Crippen molar-refractivity contribution in [1.29, 1.82) is 0 Å². The highest BCUT2D eigenvalue weighted by Crippen LogP contribution is 2.32. The highest BCUT2D eigenvalue weighted by Gasteiger charge is 2.17. The lowest BCUT2D eigenvalue weighted by Gasteiger charge is -2.09. The Kier molecular flexibility index (Phi) is 29.6. The second-order valence-electron chi connectivity index (χ2n) is 10.9. The van der Waals surface area contributed by atoms with Crippen LogP contribution in [-0.4, -0.2) is 14.0 Å². The van der Waals surface area contributed by atoms with Gasteiger partial charge in [-0.05, 0) is 12.8 Å². The molecule has 0 aromatic carbocycles. The molecule has 0 atom stereocenters. The SMILES string of the molecule is [SiH3]CCCCCCCCCCCCCCCCCCCCCCCCCCCCCC(Cl)(Cl)Cl. The van der Waals surface area contributed by atoms with Gasteiger partial charge >= 0.3 is 0 Å². The molecule has 4 heteroatoms. The van der Waals surface area contributed by atoms with Crippen LogP contribution in [0.4, 0.5) is 0 Å². The summed E-state index contributed by atoms with van der Waals surface area (Å²) in [4.78, 5) is 0. The average Bonchev–Trinajstić information content (AvgIpc) is 2.80. The van der Waals surface area contributed by atoms with Crippen LogP contribution in [-0.2, 0) is 0 Å². The molecule has 0 aliphatic carbocycles. The van der Waals surface area contributed by atoms with E-state index in [2.05, 4.69) is 0 Å². The molecule has 0 radical (unpaired) electrons. The quantitative estimate of drug-likeness (QED) is 0.0511. The summed E-state index contributed by atoms with van der Waals surface area (Å²) in [5, 5.41) is 0. The van der Waals surface area contributed by atoms with Gasteiger partial charge in [0.15, 0.2) is 3.79 Å². The lowest BCUT2D eigenvalue weighted by Crippen LogP contribution is -2.00. The summed E-state index contributed by atoms with van der Waals surface area (Å²) in [6.07, 6.45) is 39.3. The highest BCUT2D eigenvalue weighted by molar-refractivity contribution is 6.67. The summed E-state index contributed by atoms with van der Waals surface area (Å²) in [7, 11) is 1.40. The molecule has 0 heterocycles. The number of halogens is 3. The van der Waals surface area contributed by atoms with Crippen LogP contribution in [0.5, 0.6) is 0 Å². The Balaban J connectivity index is 3.03. The van der Waals surface area contributed by atoms with Gasteiger partial charge in [0.05, 0.1) is 0 Å². The van der Waals surface area contributed by atoms with Gasteiger partial charge in [-0.2, -0.15) is 0 Å². The van der Waals surface area contributed by atoms with Crippen molar-refractivity contribution in [1.82, 2.24) is 0 Å². The van der Waals surface area contributed by atoms with Crippen LogP contribution in [0.3, 0.4) is 0 Å². The highest BCUT2D eigenvalue weighted by atomic mass is 35.6. The van der Waals surface area contributed by atoms with E-state index in [0.29, 0.717) is 6.42 Å². The van der Waals surface area contributed by atoms with E-state index in [1.807, 2.05) is 0 Å². The molecule has 0 bridgehead atoms. The minimum absolute atomic E-state index is 0.692. The van der Waals surface area contributed by atoms with Crippen molar-refractivity contribution in [2.45, 2.75) is 190 Å². The first kappa shape index (κ1) is 35.1. The van der Waals surface area contributed by atoms with E-state index >= 15 is 0 Å². The molecule has 206 valence electrons. The number of unbranched alkanes of at least 4 members (excludes halogenated alkanes) is 26. The average molecular weight is 556 g/mol. The maximum absolute atomic E-state index is 5.78. The molecule has 0 spiro atoms. The zero-order valence-electron chi connectivity index (χ0n) is 23.1. The Hall–Kier alpha value is 1.09. The van der Waals surface area contributed by atoms with Gasteiger partial charge in [0.1, 0.15) is 0 Å². The van der Waals surface area contributed by atoms with Crippen molar-refractivity contribution >= 4 is 45.0 Å². The van der Waals surface area contributed by atoms with E-state index in [4.69, 9.17) is 34.8 Å². The first-order valence-corrected chi connectivity index (χ1v) is 18.2. The number of alkyl halides is 3. The van der Waals surface area contributed by atoms with Gasteiger partial charge in [0.2, 0.25) is 0 Å². The smallest absolute Gasteiger partial charge is 0.0837 e. The Morgan fingerprint density at radius 2 is 0.471 bits per heavy atom. The lowest BCUT2D eigenvalue weighted by molar-refractivity contribution is 0.514. The maximum atomic E-state index is 5.78. The summed E-state index contributed by atoms with van der Waals surface area (Å²) < 4.78 is -1.05. The molecule has 0 saturated carbocycles. The number of hydrogen-bond acceptors (Lipinski definition) is 0. The number of rotatable bonds is 28. The molecular weight excluding hydrogens is 495 g/mol. The third-order valence-electron chi connectivity index (χ3n) is 7.31. The predicted octanol–water partition coefficient (Wildman–Crippen LogP) is 12.1. The maximum Gasteiger partial charge on any atom is 0.190 e. The zero-order chi connectivity index (χ0) is 25.0. The van der Waals surface area contributed by atoms with Gasteiger partial charge in [-0.25, -0.2) is 0 Å². The van der Waals surface area contributed by atoms with Crippen LogP contribution in [0.2, 0.25) is 6.04 Å². The van der Waals surface area contributed by atoms with E-state index in [0.717, 1.165) is 6.42 Å². The van der Waals surface area contributed by atoms with Crippen LogP contribution in [0.25, 0.3) is 0 Å². The molecule has 0 aromatic rings. The Bertz CT molecular complexity index is 371. The molecular formula is C30H61Cl3Si. The summed E-state index contributed by atoms with van der Waals surface area (Å²) in [6.45, 7) is 0. The molecule has 0 rings (SSSR count). The van der Waals surface area contributed by atoms with Crippen molar-refractivity contribution in [2.24, 2.45) is 0 Å². The first-order chi connectivity index (χ1) is 16.6. The van der Waals surface area contributed by atoms with Crippen molar-refractivity contribution in [3.05, 3.63) is 0 Å². The van der Waals surface area contributed by atoms with Crippen molar-refractivity contribution in [3.63, 3.8) is 0 Å². The molecule has 0 aliphatic heterocycles. The second-order valence-corrected chi connectivity index (χ2v) is 14.4. The first-order valence-electron chi connectivity index (χ1n) is 15.6. The monoisotopic (exact) mass is 554 g/mol. The Morgan fingerprint density at radius 3 is 0.647 bits per heavy atom. The minimum Gasteiger partial charge on any atom is -0.0837 e. The second kappa shape index (κ2) is 28.7. The van der Waals surface area contributed by atoms with Crippen molar-refractivity contribution in [3.8, 4) is 0 Å². The van der Waals surface area contributed by atoms with Gasteiger partial charge in [0, 0.05) is 10.2 Å². The van der Waals surface area contributed by atoms with Crippen LogP contribution in [0, 0.1) is 0 Å². The fraction of sp³-hybridized carbons (Fsp3) is 1.00. The molecule has 0 fully saturated rings. The topological polar surface area (TPSA) is 0 Å². The molecule has 0 aliphatic rings. The van der Waals surface area contributed by atoms with Crippen molar-refractivity contribution < 1.29 is 0 Å². The van der Waals surface area contributed by atoms with Gasteiger partial charge in [-0.15, -0.1) is 0 Å². The van der Waals surface area contributed by atoms with E-state index in [1.165, 1.54) is 183 Å². The summed E-state index contributed by atoms with van der Waals surface area (Å²) in [5.41, 5.74) is 0. The van der Waals surface area contributed by atoms with Crippen LogP contribution in [0.15, 0.2) is 0 Å². The summed E-state index contributed by atoms with van der Waals surface area (Å²) in [6, 6.07) is 1.51. The van der Waals surface area contributed by atoms with E-state index < -0.39 is 3.79 Å². The van der Waals surface area contributed by atoms with Gasteiger partial charge in [-0.1, -0.05) is 208 Å². The van der Waals surface area contributed by atoms with E-state index in [9.17, 15) is 0 Å². The fourth-order valence-corrected chi connectivity index (χ4v) is 5.90. The normalized spacial score (nSPS) is 12.1.